The monoisotopic (exact) mass is 407 g/mol. The Bertz CT molecular complexity index is 1070. The second kappa shape index (κ2) is 7.65. The Morgan fingerprint density at radius 3 is 2.54 bits per heavy atom. The fourth-order valence-electron chi connectivity index (χ4n) is 2.35. The van der Waals surface area contributed by atoms with Gasteiger partial charge in [0.15, 0.2) is 6.20 Å². The zero-order chi connectivity index (χ0) is 20.3. The topological polar surface area (TPSA) is 87.3 Å². The molecule has 0 aliphatic rings. The molecule has 2 heterocycles. The maximum atomic E-state index is 12.6. The van der Waals surface area contributed by atoms with Gasteiger partial charge in [-0.05, 0) is 36.4 Å². The fraction of sp³-hybridized carbons (Fsp3) is 0.0556. The molecule has 0 fully saturated rings. The molecule has 0 spiro atoms. The van der Waals surface area contributed by atoms with Crippen LogP contribution in [0, 0.1) is 5.21 Å². The number of nitrogens with one attached hydrogen (secondary N) is 1. The van der Waals surface area contributed by atoms with Gasteiger partial charge in [-0.1, -0.05) is 0 Å². The minimum atomic E-state index is -3.84. The highest BCUT2D eigenvalue weighted by atomic mass is 35.5. The molecule has 3 aromatic rings. The lowest BCUT2D eigenvalue weighted by molar-refractivity contribution is -0.605. The summed E-state index contributed by atoms with van der Waals surface area (Å²) in [6.07, 6.45) is 3.74. The highest BCUT2D eigenvalue weighted by Crippen LogP contribution is 2.26. The SMILES string of the molecule is O=C(Nc1ccc(OC(F)(F)Cl)cc1)c1ccc(=O)n(-c2ccc[n+]([O-])c2)c1. The number of pyridine rings is 2. The average molecular weight is 408 g/mol. The summed E-state index contributed by atoms with van der Waals surface area (Å²) in [5.74, 6) is -0.724. The smallest absolute Gasteiger partial charge is 0.487 e. The van der Waals surface area contributed by atoms with E-state index in [1.807, 2.05) is 0 Å². The minimum absolute atomic E-state index is 0.147. The predicted molar refractivity (Wildman–Crippen MR) is 96.8 cm³/mol. The number of anilines is 1. The first-order chi connectivity index (χ1) is 13.2. The van der Waals surface area contributed by atoms with Crippen LogP contribution in [0.5, 0.6) is 5.75 Å². The molecule has 0 atom stereocenters. The first-order valence-corrected chi connectivity index (χ1v) is 8.18. The van der Waals surface area contributed by atoms with Crippen LogP contribution in [-0.4, -0.2) is 16.0 Å². The van der Waals surface area contributed by atoms with Crippen LogP contribution in [0.2, 0.25) is 0 Å². The zero-order valence-electron chi connectivity index (χ0n) is 14.0. The fourth-order valence-corrected chi connectivity index (χ4v) is 2.44. The van der Waals surface area contributed by atoms with Crippen LogP contribution in [0.1, 0.15) is 10.4 Å². The molecule has 0 bridgehead atoms. The van der Waals surface area contributed by atoms with E-state index in [-0.39, 0.29) is 11.3 Å². The third-order valence-corrected chi connectivity index (χ3v) is 3.63. The van der Waals surface area contributed by atoms with Gasteiger partial charge in [0, 0.05) is 35.6 Å². The number of hydrogen-bond acceptors (Lipinski definition) is 4. The van der Waals surface area contributed by atoms with Gasteiger partial charge < -0.3 is 15.3 Å². The molecule has 28 heavy (non-hydrogen) atoms. The van der Waals surface area contributed by atoms with E-state index >= 15 is 0 Å². The molecule has 10 heteroatoms. The molecular weight excluding hydrogens is 396 g/mol. The Kier molecular flexibility index (Phi) is 5.27. The van der Waals surface area contributed by atoms with Crippen LogP contribution in [0.15, 0.2) is 71.9 Å². The summed E-state index contributed by atoms with van der Waals surface area (Å²) in [6.45, 7) is 0. The van der Waals surface area contributed by atoms with Gasteiger partial charge in [0.2, 0.25) is 6.20 Å². The molecule has 1 N–H and O–H groups in total. The van der Waals surface area contributed by atoms with Gasteiger partial charge in [-0.25, -0.2) is 0 Å². The van der Waals surface area contributed by atoms with Crippen molar-refractivity contribution >= 4 is 23.2 Å². The van der Waals surface area contributed by atoms with E-state index in [1.54, 1.807) is 6.07 Å². The van der Waals surface area contributed by atoms with Gasteiger partial charge in [0.05, 0.1) is 5.56 Å². The molecular formula is C18H12ClF2N3O4. The molecule has 1 amide bonds. The van der Waals surface area contributed by atoms with Gasteiger partial charge >= 0.3 is 5.57 Å². The molecule has 1 aromatic carbocycles. The largest absolute Gasteiger partial charge is 0.619 e. The van der Waals surface area contributed by atoms with E-state index in [1.165, 1.54) is 61.1 Å². The van der Waals surface area contributed by atoms with E-state index in [4.69, 9.17) is 0 Å². The Hall–Kier alpha value is -3.46. The predicted octanol–water partition coefficient (Wildman–Crippen LogP) is 2.89. The number of carbonyl (C=O) groups excluding carboxylic acids is 1. The Labute approximate surface area is 162 Å². The van der Waals surface area contributed by atoms with Crippen molar-refractivity contribution in [3.63, 3.8) is 0 Å². The number of rotatable bonds is 5. The van der Waals surface area contributed by atoms with E-state index < -0.39 is 17.0 Å². The molecule has 0 unspecified atom stereocenters. The highest BCUT2D eigenvalue weighted by Gasteiger charge is 2.27. The Morgan fingerprint density at radius 1 is 1.18 bits per heavy atom. The quantitative estimate of drug-likeness (QED) is 0.400. The standard InChI is InChI=1S/C18H12ClF2N3O4/c19-18(20,21)28-15-6-4-13(5-7-15)22-17(26)12-3-8-16(25)24(10-12)14-2-1-9-23(27)11-14/h1-11H,(H,22,26). The summed E-state index contributed by atoms with van der Waals surface area (Å²) in [7, 11) is 0. The normalized spacial score (nSPS) is 11.1. The van der Waals surface area contributed by atoms with Gasteiger partial charge in [0.25, 0.3) is 11.5 Å². The van der Waals surface area contributed by atoms with Crippen LogP contribution in [0.3, 0.4) is 0 Å². The second-order valence-electron chi connectivity index (χ2n) is 5.57. The first-order valence-electron chi connectivity index (χ1n) is 7.80. The number of alkyl halides is 3. The van der Waals surface area contributed by atoms with Crippen LogP contribution >= 0.6 is 11.6 Å². The summed E-state index contributed by atoms with van der Waals surface area (Å²) in [6, 6.07) is 10.7. The molecule has 0 aliphatic carbocycles. The number of hydrogen-bond donors (Lipinski definition) is 1. The number of aromatic nitrogens is 2. The third-order valence-electron chi connectivity index (χ3n) is 3.56. The lowest BCUT2D eigenvalue weighted by Crippen LogP contribution is -2.27. The molecule has 0 radical (unpaired) electrons. The van der Waals surface area contributed by atoms with Crippen molar-refractivity contribution in [3.8, 4) is 11.4 Å². The third kappa shape index (κ3) is 4.83. The molecule has 7 nitrogen and oxygen atoms in total. The van der Waals surface area contributed by atoms with Crippen LogP contribution < -0.4 is 20.3 Å². The van der Waals surface area contributed by atoms with Crippen molar-refractivity contribution in [2.24, 2.45) is 0 Å². The van der Waals surface area contributed by atoms with Gasteiger partial charge in [-0.15, -0.1) is 8.78 Å². The van der Waals surface area contributed by atoms with E-state index in [0.717, 1.165) is 4.57 Å². The lowest BCUT2D eigenvalue weighted by Gasteiger charge is -2.11. The van der Waals surface area contributed by atoms with Gasteiger partial charge in [-0.3, -0.25) is 14.2 Å². The molecule has 0 aliphatic heterocycles. The number of nitrogens with zero attached hydrogens (tertiary/aromatic N) is 2. The van der Waals surface area contributed by atoms with Crippen molar-refractivity contribution in [2.45, 2.75) is 5.57 Å². The van der Waals surface area contributed by atoms with Crippen molar-refractivity contribution in [3.05, 3.63) is 88.2 Å². The molecule has 144 valence electrons. The summed E-state index contributed by atoms with van der Waals surface area (Å²) in [5.41, 5.74) is -3.51. The van der Waals surface area contributed by atoms with Crippen molar-refractivity contribution in [1.29, 1.82) is 0 Å². The molecule has 3 rings (SSSR count). The number of halogens is 3. The number of benzene rings is 1. The summed E-state index contributed by atoms with van der Waals surface area (Å²) < 4.78 is 31.1. The summed E-state index contributed by atoms with van der Waals surface area (Å²) in [5, 5.41) is 14.0. The Morgan fingerprint density at radius 2 is 1.89 bits per heavy atom. The van der Waals surface area contributed by atoms with E-state index in [9.17, 15) is 23.6 Å². The maximum Gasteiger partial charge on any atom is 0.487 e. The number of carbonyl (C=O) groups is 1. The van der Waals surface area contributed by atoms with Crippen molar-refractivity contribution < 1.29 is 23.0 Å². The van der Waals surface area contributed by atoms with Crippen LogP contribution in [-0.2, 0) is 0 Å². The van der Waals surface area contributed by atoms with Crippen LogP contribution in [0.4, 0.5) is 14.5 Å². The molecule has 0 saturated heterocycles. The highest BCUT2D eigenvalue weighted by molar-refractivity contribution is 6.20. The number of ether oxygens (including phenoxy) is 1. The van der Waals surface area contributed by atoms with Crippen LogP contribution in [0.25, 0.3) is 5.69 Å². The molecule has 2 aromatic heterocycles. The summed E-state index contributed by atoms with van der Waals surface area (Å²) >= 11 is 4.69. The first kappa shape index (κ1) is 19.3. The second-order valence-corrected chi connectivity index (χ2v) is 6.01. The number of amides is 1. The Balaban J connectivity index is 1.80. The average Bonchev–Trinajstić information content (AvgIpc) is 2.62. The van der Waals surface area contributed by atoms with Crippen molar-refractivity contribution in [2.75, 3.05) is 5.32 Å². The summed E-state index contributed by atoms with van der Waals surface area (Å²) in [4.78, 5) is 24.5. The van der Waals surface area contributed by atoms with Gasteiger partial charge in [-0.2, -0.15) is 4.73 Å². The van der Waals surface area contributed by atoms with E-state index in [2.05, 4.69) is 21.7 Å². The molecule has 0 saturated carbocycles. The van der Waals surface area contributed by atoms with E-state index in [0.29, 0.717) is 16.1 Å². The van der Waals surface area contributed by atoms with Crippen molar-refractivity contribution in [1.82, 2.24) is 4.57 Å². The lowest BCUT2D eigenvalue weighted by atomic mass is 10.2. The zero-order valence-corrected chi connectivity index (χ0v) is 14.8. The van der Waals surface area contributed by atoms with Gasteiger partial charge in [0.1, 0.15) is 11.4 Å². The maximum absolute atomic E-state index is 12.6. The minimum Gasteiger partial charge on any atom is -0.619 e.